The van der Waals surface area contributed by atoms with Crippen LogP contribution in [0.2, 0.25) is 0 Å². The molecule has 1 fully saturated rings. The third kappa shape index (κ3) is 6.44. The zero-order chi connectivity index (χ0) is 28.3. The average molecular weight is 553 g/mol. The molecule has 3 aromatic heterocycles. The molecule has 0 saturated carbocycles. The van der Waals surface area contributed by atoms with Crippen molar-refractivity contribution in [2.45, 2.75) is 58.3 Å². The summed E-state index contributed by atoms with van der Waals surface area (Å²) in [6.07, 6.45) is 4.48. The largest absolute Gasteiger partial charge is 0.486 e. The monoisotopic (exact) mass is 552 g/mol. The number of hydrogen-bond donors (Lipinski definition) is 0. The predicted molar refractivity (Wildman–Crippen MR) is 147 cm³/mol. The van der Waals surface area contributed by atoms with E-state index in [1.165, 1.54) is 13.2 Å². The number of pyridine rings is 2. The van der Waals surface area contributed by atoms with Crippen LogP contribution in [0.3, 0.4) is 0 Å². The average Bonchev–Trinajstić information content (AvgIpc) is 2.94. The van der Waals surface area contributed by atoms with E-state index in [0.29, 0.717) is 55.7 Å². The zero-order valence-corrected chi connectivity index (χ0v) is 23.5. The number of amides is 1. The zero-order valence-electron chi connectivity index (χ0n) is 23.5. The molecular weight excluding hydrogens is 516 g/mol. The Bertz CT molecular complexity index is 1410. The molecule has 0 radical (unpaired) electrons. The number of piperidine rings is 1. The molecule has 3 aromatic rings. The fourth-order valence-corrected chi connectivity index (χ4v) is 4.98. The maximum Gasteiger partial charge on any atom is 0.410 e. The Balaban J connectivity index is 1.26. The highest BCUT2D eigenvalue weighted by atomic mass is 16.6. The minimum atomic E-state index is -0.617. The number of methoxy groups -OCH3 is 1. The van der Waals surface area contributed by atoms with E-state index < -0.39 is 5.60 Å². The molecule has 1 amide bonds. The summed E-state index contributed by atoms with van der Waals surface area (Å²) in [5, 5.41) is 0.778. The first-order valence-corrected chi connectivity index (χ1v) is 13.6. The number of hydrogen-bond acceptors (Lipinski definition) is 10. The van der Waals surface area contributed by atoms with Gasteiger partial charge in [0.15, 0.2) is 11.5 Å². The maximum absolute atomic E-state index is 13.3. The van der Waals surface area contributed by atoms with Gasteiger partial charge in [-0.2, -0.15) is 4.98 Å². The van der Waals surface area contributed by atoms with Gasteiger partial charge in [0.1, 0.15) is 24.5 Å². The van der Waals surface area contributed by atoms with E-state index in [1.54, 1.807) is 27.9 Å². The molecule has 214 valence electrons. The van der Waals surface area contributed by atoms with Crippen molar-refractivity contribution in [3.05, 3.63) is 46.6 Å². The molecule has 0 unspecified atom stereocenters. The molecule has 40 heavy (non-hydrogen) atoms. The van der Waals surface area contributed by atoms with Crippen LogP contribution in [0.25, 0.3) is 11.0 Å². The third-order valence-corrected chi connectivity index (χ3v) is 6.97. The fourth-order valence-electron chi connectivity index (χ4n) is 4.98. The van der Waals surface area contributed by atoms with Crippen molar-refractivity contribution in [1.82, 2.24) is 29.3 Å². The summed E-state index contributed by atoms with van der Waals surface area (Å²) in [5.41, 5.74) is 0.530. The molecule has 0 spiro atoms. The Kier molecular flexibility index (Phi) is 8.06. The summed E-state index contributed by atoms with van der Waals surface area (Å²) < 4.78 is 23.9. The van der Waals surface area contributed by atoms with Crippen LogP contribution in [0.4, 0.5) is 4.79 Å². The summed E-state index contributed by atoms with van der Waals surface area (Å²) in [7, 11) is 1.50. The Labute approximate surface area is 232 Å². The summed E-state index contributed by atoms with van der Waals surface area (Å²) >= 11 is 0. The van der Waals surface area contributed by atoms with E-state index in [-0.39, 0.29) is 23.7 Å². The lowest BCUT2D eigenvalue weighted by molar-refractivity contribution is 0.00529. The number of carbonyl (C=O) groups excluding carboxylic acids is 1. The highest BCUT2D eigenvalue weighted by Crippen LogP contribution is 2.30. The standard InChI is InChI=1S/C28H36N6O6/c1-28(2,3)40-27(36)34(18-20-15-22-23(17-29-20)39-14-13-38-22)21-7-9-32(10-8-21)11-12-33-24(35)6-5-19-16-30-26(37-4)31-25(19)33/h5-6,15-17,21H,7-14,18H2,1-4H3. The van der Waals surface area contributed by atoms with Crippen molar-refractivity contribution >= 4 is 17.1 Å². The molecule has 2 aliphatic heterocycles. The lowest BCUT2D eigenvalue weighted by Crippen LogP contribution is -2.49. The second-order valence-electron chi connectivity index (χ2n) is 11.0. The van der Waals surface area contributed by atoms with Crippen molar-refractivity contribution in [2.75, 3.05) is 40.0 Å². The number of likely N-dealkylation sites (tertiary alicyclic amines) is 1. The van der Waals surface area contributed by atoms with Gasteiger partial charge in [0.25, 0.3) is 5.56 Å². The molecule has 0 aliphatic carbocycles. The van der Waals surface area contributed by atoms with Gasteiger partial charge in [-0.05, 0) is 39.7 Å². The highest BCUT2D eigenvalue weighted by molar-refractivity contribution is 5.74. The van der Waals surface area contributed by atoms with Crippen LogP contribution < -0.4 is 19.8 Å². The van der Waals surface area contributed by atoms with Gasteiger partial charge >= 0.3 is 12.1 Å². The smallest absolute Gasteiger partial charge is 0.410 e. The van der Waals surface area contributed by atoms with Crippen molar-refractivity contribution in [3.63, 3.8) is 0 Å². The van der Waals surface area contributed by atoms with E-state index in [9.17, 15) is 9.59 Å². The Morgan fingerprint density at radius 3 is 2.55 bits per heavy atom. The molecule has 5 rings (SSSR count). The number of carbonyl (C=O) groups is 1. The van der Waals surface area contributed by atoms with Crippen LogP contribution in [0.15, 0.2) is 35.4 Å². The Morgan fingerprint density at radius 2 is 1.82 bits per heavy atom. The lowest BCUT2D eigenvalue weighted by atomic mass is 10.0. The number of fused-ring (bicyclic) bond motifs is 2. The molecule has 0 bridgehead atoms. The van der Waals surface area contributed by atoms with E-state index in [2.05, 4.69) is 19.9 Å². The van der Waals surface area contributed by atoms with Crippen molar-refractivity contribution in [2.24, 2.45) is 0 Å². The van der Waals surface area contributed by atoms with Crippen LogP contribution >= 0.6 is 0 Å². The minimum Gasteiger partial charge on any atom is -0.486 e. The Hall–Kier alpha value is -3.93. The lowest BCUT2D eigenvalue weighted by Gasteiger charge is -2.39. The number of ether oxygens (including phenoxy) is 4. The summed E-state index contributed by atoms with van der Waals surface area (Å²) in [6, 6.07) is 5.30. The van der Waals surface area contributed by atoms with Crippen LogP contribution in [-0.2, 0) is 17.8 Å². The van der Waals surface area contributed by atoms with Gasteiger partial charge in [0, 0.05) is 55.9 Å². The molecule has 0 aromatic carbocycles. The second-order valence-corrected chi connectivity index (χ2v) is 11.0. The van der Waals surface area contributed by atoms with Gasteiger partial charge in [-0.15, -0.1) is 0 Å². The van der Waals surface area contributed by atoms with Crippen LogP contribution in [0.5, 0.6) is 17.5 Å². The summed E-state index contributed by atoms with van der Waals surface area (Å²) in [5.74, 6) is 1.25. The van der Waals surface area contributed by atoms with Gasteiger partial charge in [-0.3, -0.25) is 19.2 Å². The summed E-state index contributed by atoms with van der Waals surface area (Å²) in [4.78, 5) is 43.1. The topological polar surface area (TPSA) is 121 Å². The minimum absolute atomic E-state index is 0.0154. The summed E-state index contributed by atoms with van der Waals surface area (Å²) in [6.45, 7) is 9.59. The fraction of sp³-hybridized carbons (Fsp3) is 0.536. The Morgan fingerprint density at radius 1 is 1.07 bits per heavy atom. The molecule has 0 N–H and O–H groups in total. The van der Waals surface area contributed by atoms with Gasteiger partial charge in [0.05, 0.1) is 25.5 Å². The molecule has 12 heteroatoms. The number of aromatic nitrogens is 4. The van der Waals surface area contributed by atoms with Crippen LogP contribution in [0, 0.1) is 0 Å². The number of rotatable bonds is 7. The van der Waals surface area contributed by atoms with Gasteiger partial charge < -0.3 is 23.8 Å². The van der Waals surface area contributed by atoms with Crippen molar-refractivity contribution in [1.29, 1.82) is 0 Å². The van der Waals surface area contributed by atoms with E-state index in [4.69, 9.17) is 18.9 Å². The first-order valence-electron chi connectivity index (χ1n) is 13.6. The molecule has 1 saturated heterocycles. The normalized spacial score (nSPS) is 16.1. The number of nitrogens with zero attached hydrogens (tertiary/aromatic N) is 6. The molecule has 5 heterocycles. The second kappa shape index (κ2) is 11.7. The first-order chi connectivity index (χ1) is 19.2. The van der Waals surface area contributed by atoms with Gasteiger partial charge in [-0.1, -0.05) is 0 Å². The van der Waals surface area contributed by atoms with E-state index in [0.717, 1.165) is 31.3 Å². The molecule has 0 atom stereocenters. The molecule has 12 nitrogen and oxygen atoms in total. The van der Waals surface area contributed by atoms with Gasteiger partial charge in [0.2, 0.25) is 0 Å². The van der Waals surface area contributed by atoms with Crippen LogP contribution in [-0.4, -0.2) is 87.0 Å². The molecular formula is C28H36N6O6. The van der Waals surface area contributed by atoms with Crippen LogP contribution in [0.1, 0.15) is 39.3 Å². The third-order valence-electron chi connectivity index (χ3n) is 6.97. The van der Waals surface area contributed by atoms with E-state index in [1.807, 2.05) is 26.8 Å². The quantitative estimate of drug-likeness (QED) is 0.433. The molecule has 2 aliphatic rings. The van der Waals surface area contributed by atoms with Crippen molar-refractivity contribution in [3.8, 4) is 17.5 Å². The SMILES string of the molecule is COc1ncc2ccc(=O)n(CCN3CCC(N(Cc4cc5c(cn4)OCCO5)C(=O)OC(C)(C)C)CC3)c2n1. The first kappa shape index (κ1) is 27.6. The highest BCUT2D eigenvalue weighted by Gasteiger charge is 2.32. The van der Waals surface area contributed by atoms with Gasteiger partial charge in [-0.25, -0.2) is 9.78 Å². The predicted octanol–water partition coefficient (Wildman–Crippen LogP) is 2.87. The van der Waals surface area contributed by atoms with E-state index >= 15 is 0 Å². The van der Waals surface area contributed by atoms with Crippen molar-refractivity contribution < 1.29 is 23.7 Å². The maximum atomic E-state index is 13.3.